The summed E-state index contributed by atoms with van der Waals surface area (Å²) in [5.74, 6) is -1.29. The largest absolute Gasteiger partial charge is 0.507 e. The average Bonchev–Trinajstić information content (AvgIpc) is 2.99. The Bertz CT molecular complexity index is 988. The molecule has 30 heavy (non-hydrogen) atoms. The van der Waals surface area contributed by atoms with Gasteiger partial charge in [-0.1, -0.05) is 35.3 Å². The first-order valence-electron chi connectivity index (χ1n) is 9.25. The predicted octanol–water partition coefficient (Wildman–Crippen LogP) is 4.46. The van der Waals surface area contributed by atoms with Crippen LogP contribution in [0.15, 0.2) is 48.0 Å². The number of ketones is 1. The number of nitrogens with zero attached hydrogens (tertiary/aromatic N) is 1. The van der Waals surface area contributed by atoms with E-state index in [2.05, 4.69) is 0 Å². The van der Waals surface area contributed by atoms with Crippen LogP contribution in [-0.2, 0) is 14.3 Å². The van der Waals surface area contributed by atoms with Gasteiger partial charge < -0.3 is 19.5 Å². The van der Waals surface area contributed by atoms with Gasteiger partial charge in [0, 0.05) is 30.8 Å². The second kappa shape index (κ2) is 9.51. The number of Topliss-reactive ketones (excluding diaryl/α,β-unsaturated/α-hetero) is 1. The Kier molecular flexibility index (Phi) is 7.02. The summed E-state index contributed by atoms with van der Waals surface area (Å²) in [4.78, 5) is 27.1. The number of carbonyl (C=O) groups is 2. The molecule has 0 bridgehead atoms. The molecule has 0 aromatic heterocycles. The number of hydrogen-bond donors (Lipinski definition) is 1. The minimum atomic E-state index is -0.753. The highest BCUT2D eigenvalue weighted by Gasteiger charge is 2.45. The number of rotatable bonds is 7. The van der Waals surface area contributed by atoms with E-state index in [1.165, 1.54) is 18.1 Å². The van der Waals surface area contributed by atoms with Crippen LogP contribution in [0.4, 0.5) is 0 Å². The van der Waals surface area contributed by atoms with Crippen LogP contribution in [0.1, 0.15) is 23.6 Å². The van der Waals surface area contributed by atoms with E-state index >= 15 is 0 Å². The quantitative estimate of drug-likeness (QED) is 0.292. The van der Waals surface area contributed by atoms with Gasteiger partial charge in [-0.15, -0.1) is 0 Å². The predicted molar refractivity (Wildman–Crippen MR) is 115 cm³/mol. The third-order valence-corrected chi connectivity index (χ3v) is 5.45. The van der Waals surface area contributed by atoms with Gasteiger partial charge >= 0.3 is 0 Å². The summed E-state index contributed by atoms with van der Waals surface area (Å²) in [6.07, 6.45) is 0.544. The Hall–Kier alpha value is -2.54. The topological polar surface area (TPSA) is 76.1 Å². The molecule has 0 saturated carbocycles. The van der Waals surface area contributed by atoms with Gasteiger partial charge in [0.05, 0.1) is 23.7 Å². The molecule has 6 nitrogen and oxygen atoms in total. The molecule has 1 N–H and O–H groups in total. The maximum absolute atomic E-state index is 12.9. The number of halogens is 2. The third-order valence-electron chi connectivity index (χ3n) is 4.90. The van der Waals surface area contributed by atoms with Gasteiger partial charge in [-0.3, -0.25) is 9.59 Å². The van der Waals surface area contributed by atoms with Crippen LogP contribution in [0, 0.1) is 0 Å². The zero-order valence-electron chi connectivity index (χ0n) is 16.5. The van der Waals surface area contributed by atoms with Crippen LogP contribution in [-0.4, -0.2) is 49.1 Å². The first-order valence-corrected chi connectivity index (χ1v) is 10.0. The zero-order valence-corrected chi connectivity index (χ0v) is 18.0. The monoisotopic (exact) mass is 449 g/mol. The van der Waals surface area contributed by atoms with Crippen LogP contribution < -0.4 is 4.74 Å². The molecule has 0 radical (unpaired) electrons. The van der Waals surface area contributed by atoms with Gasteiger partial charge in [0.1, 0.15) is 11.5 Å². The molecule has 2 aromatic carbocycles. The number of aliphatic hydroxyl groups is 1. The first kappa shape index (κ1) is 22.2. The van der Waals surface area contributed by atoms with Crippen LogP contribution >= 0.6 is 23.2 Å². The summed E-state index contributed by atoms with van der Waals surface area (Å²) in [5.41, 5.74) is 0.979. The van der Waals surface area contributed by atoms with Crippen molar-refractivity contribution in [2.24, 2.45) is 0 Å². The lowest BCUT2D eigenvalue weighted by molar-refractivity contribution is -0.140. The molecule has 3 rings (SSSR count). The SMILES string of the molecule is COCCCN1C(=O)C(=O)/C(=C(\O)c2ccc(OC)c(Cl)c2)C1c1ccc(Cl)cc1. The molecule has 8 heteroatoms. The van der Waals surface area contributed by atoms with Crippen LogP contribution in [0.5, 0.6) is 5.75 Å². The van der Waals surface area contributed by atoms with E-state index < -0.39 is 17.7 Å². The number of hydrogen-bond acceptors (Lipinski definition) is 5. The fourth-order valence-corrected chi connectivity index (χ4v) is 3.83. The second-order valence-corrected chi connectivity index (χ2v) is 7.58. The van der Waals surface area contributed by atoms with E-state index in [0.717, 1.165) is 0 Å². The molecule has 1 atom stereocenters. The van der Waals surface area contributed by atoms with E-state index in [0.29, 0.717) is 41.5 Å². The second-order valence-electron chi connectivity index (χ2n) is 6.74. The van der Waals surface area contributed by atoms with E-state index in [1.807, 2.05) is 0 Å². The maximum Gasteiger partial charge on any atom is 0.295 e. The lowest BCUT2D eigenvalue weighted by Gasteiger charge is -2.25. The fourth-order valence-electron chi connectivity index (χ4n) is 3.45. The first-order chi connectivity index (χ1) is 14.4. The van der Waals surface area contributed by atoms with Gasteiger partial charge in [-0.2, -0.15) is 0 Å². The standard InChI is InChI=1S/C22H21Cl2NO5/c1-29-11-3-10-25-19(13-4-7-15(23)8-5-13)18(21(27)22(25)28)20(26)14-6-9-17(30-2)16(24)12-14/h4-9,12,19,26H,3,10-11H2,1-2H3/b20-18-. The summed E-state index contributed by atoms with van der Waals surface area (Å²) in [6.45, 7) is 0.732. The lowest BCUT2D eigenvalue weighted by atomic mass is 9.95. The van der Waals surface area contributed by atoms with Gasteiger partial charge in [0.25, 0.3) is 11.7 Å². The zero-order chi connectivity index (χ0) is 21.8. The summed E-state index contributed by atoms with van der Waals surface area (Å²) in [6, 6.07) is 10.7. The normalized spacial score (nSPS) is 18.1. The summed E-state index contributed by atoms with van der Waals surface area (Å²) < 4.78 is 10.2. The molecular formula is C22H21Cl2NO5. The lowest BCUT2D eigenvalue weighted by Crippen LogP contribution is -2.31. The number of methoxy groups -OCH3 is 2. The van der Waals surface area contributed by atoms with E-state index in [9.17, 15) is 14.7 Å². The highest BCUT2D eigenvalue weighted by Crippen LogP contribution is 2.40. The Morgan fingerprint density at radius 1 is 1.10 bits per heavy atom. The van der Waals surface area contributed by atoms with E-state index in [1.54, 1.807) is 43.5 Å². The van der Waals surface area contributed by atoms with Crippen molar-refractivity contribution in [1.82, 2.24) is 4.90 Å². The molecule has 1 amide bonds. The minimum absolute atomic E-state index is 0.000901. The molecule has 0 aliphatic carbocycles. The minimum Gasteiger partial charge on any atom is -0.507 e. The molecule has 1 aliphatic rings. The number of aliphatic hydroxyl groups excluding tert-OH is 1. The van der Waals surface area contributed by atoms with E-state index in [-0.39, 0.29) is 16.4 Å². The molecule has 1 heterocycles. The maximum atomic E-state index is 12.9. The number of benzene rings is 2. The highest BCUT2D eigenvalue weighted by atomic mass is 35.5. The molecule has 158 valence electrons. The number of ether oxygens (including phenoxy) is 2. The van der Waals surface area contributed by atoms with Crippen molar-refractivity contribution in [3.8, 4) is 5.75 Å². The van der Waals surface area contributed by atoms with Crippen molar-refractivity contribution >= 4 is 40.7 Å². The van der Waals surface area contributed by atoms with Crippen LogP contribution in [0.25, 0.3) is 5.76 Å². The van der Waals surface area contributed by atoms with Crippen LogP contribution in [0.2, 0.25) is 10.0 Å². The highest BCUT2D eigenvalue weighted by molar-refractivity contribution is 6.46. The van der Waals surface area contributed by atoms with Gasteiger partial charge in [0.2, 0.25) is 0 Å². The van der Waals surface area contributed by atoms with Gasteiger partial charge in [-0.05, 0) is 42.3 Å². The van der Waals surface area contributed by atoms with Crippen molar-refractivity contribution in [1.29, 1.82) is 0 Å². The van der Waals surface area contributed by atoms with Crippen molar-refractivity contribution in [2.45, 2.75) is 12.5 Å². The Labute approximate surface area is 184 Å². The summed E-state index contributed by atoms with van der Waals surface area (Å²) >= 11 is 12.2. The van der Waals surface area contributed by atoms with Gasteiger partial charge in [-0.25, -0.2) is 0 Å². The molecule has 1 aliphatic heterocycles. The summed E-state index contributed by atoms with van der Waals surface area (Å²) in [7, 11) is 3.05. The average molecular weight is 450 g/mol. The fraction of sp³-hybridized carbons (Fsp3) is 0.273. The van der Waals surface area contributed by atoms with E-state index in [4.69, 9.17) is 32.7 Å². The molecule has 1 fully saturated rings. The summed E-state index contributed by atoms with van der Waals surface area (Å²) in [5, 5.41) is 11.8. The Morgan fingerprint density at radius 2 is 1.80 bits per heavy atom. The molecule has 2 aromatic rings. The third kappa shape index (κ3) is 4.31. The number of carbonyl (C=O) groups excluding carboxylic acids is 2. The smallest absolute Gasteiger partial charge is 0.295 e. The molecule has 0 spiro atoms. The number of likely N-dealkylation sites (tertiary alicyclic amines) is 1. The van der Waals surface area contributed by atoms with Crippen molar-refractivity contribution in [3.63, 3.8) is 0 Å². The van der Waals surface area contributed by atoms with Crippen LogP contribution in [0.3, 0.4) is 0 Å². The Morgan fingerprint density at radius 3 is 2.40 bits per heavy atom. The number of amides is 1. The molecular weight excluding hydrogens is 429 g/mol. The molecule has 1 saturated heterocycles. The van der Waals surface area contributed by atoms with Crippen molar-refractivity contribution in [3.05, 3.63) is 69.2 Å². The Balaban J connectivity index is 2.12. The van der Waals surface area contributed by atoms with Crippen molar-refractivity contribution in [2.75, 3.05) is 27.4 Å². The molecule has 1 unspecified atom stereocenters. The van der Waals surface area contributed by atoms with Gasteiger partial charge in [0.15, 0.2) is 0 Å². The van der Waals surface area contributed by atoms with Crippen molar-refractivity contribution < 1.29 is 24.2 Å².